The molecular weight excluding hydrogens is 154 g/mol. The van der Waals surface area contributed by atoms with Gasteiger partial charge in [0.05, 0.1) is 6.04 Å². The van der Waals surface area contributed by atoms with E-state index in [4.69, 9.17) is 0 Å². The maximum absolute atomic E-state index is 10.7. The van der Waals surface area contributed by atoms with Gasteiger partial charge in [-0.25, -0.2) is 0 Å². The molecule has 54 valence electrons. The highest BCUT2D eigenvalue weighted by molar-refractivity contribution is 8.68. The summed E-state index contributed by atoms with van der Waals surface area (Å²) in [6, 6.07) is -0.0347. The van der Waals surface area contributed by atoms with E-state index >= 15 is 0 Å². The highest BCUT2D eigenvalue weighted by atomic mass is 33.1. The zero-order valence-electron chi connectivity index (χ0n) is 5.55. The number of nitrogens with one attached hydrogen (secondary N) is 1. The normalized spacial score (nSPS) is 13.2. The summed E-state index contributed by atoms with van der Waals surface area (Å²) in [6.45, 7) is 1.57. The number of ketones is 1. The molecule has 1 N–H and O–H groups in total. The summed E-state index contributed by atoms with van der Waals surface area (Å²) in [6.07, 6.45) is 0. The lowest BCUT2D eigenvalue weighted by Crippen LogP contribution is -2.34. The summed E-state index contributed by atoms with van der Waals surface area (Å²) in [5.41, 5.74) is 0. The van der Waals surface area contributed by atoms with Crippen molar-refractivity contribution < 1.29 is 4.79 Å². The van der Waals surface area contributed by atoms with E-state index in [2.05, 4.69) is 17.0 Å². The van der Waals surface area contributed by atoms with Crippen LogP contribution in [0.3, 0.4) is 0 Å². The molecule has 0 saturated heterocycles. The van der Waals surface area contributed by atoms with Crippen LogP contribution in [0.25, 0.3) is 0 Å². The van der Waals surface area contributed by atoms with Crippen molar-refractivity contribution in [2.45, 2.75) is 13.0 Å². The van der Waals surface area contributed by atoms with Crippen molar-refractivity contribution in [3.63, 3.8) is 0 Å². The van der Waals surface area contributed by atoms with E-state index in [1.54, 1.807) is 14.0 Å². The van der Waals surface area contributed by atoms with E-state index in [-0.39, 0.29) is 11.8 Å². The van der Waals surface area contributed by atoms with Crippen LogP contribution in [0.5, 0.6) is 0 Å². The topological polar surface area (TPSA) is 29.1 Å². The Bertz CT molecular complexity index is 97.0. The van der Waals surface area contributed by atoms with Gasteiger partial charge in [0.2, 0.25) is 0 Å². The number of carbonyl (C=O) groups excluding carboxylic acids is 1. The van der Waals surface area contributed by atoms with Crippen LogP contribution in [-0.4, -0.2) is 24.6 Å². The number of Topliss-reactive ketones (excluding diaryl/α,β-unsaturated/α-hetero) is 1. The van der Waals surface area contributed by atoms with Gasteiger partial charge in [-0.15, -0.1) is 11.7 Å². The van der Waals surface area contributed by atoms with Gasteiger partial charge in [-0.1, -0.05) is 10.8 Å². The third-order valence-electron chi connectivity index (χ3n) is 1.08. The fourth-order valence-electron chi connectivity index (χ4n) is 0.478. The van der Waals surface area contributed by atoms with Crippen LogP contribution in [0.4, 0.5) is 0 Å². The van der Waals surface area contributed by atoms with Crippen molar-refractivity contribution in [1.82, 2.24) is 5.32 Å². The smallest absolute Gasteiger partial charge is 0.147 e. The first kappa shape index (κ1) is 9.33. The summed E-state index contributed by atoms with van der Waals surface area (Å²) in [5, 5.41) is 2.88. The molecule has 0 rings (SSSR count). The molecule has 1 atom stereocenters. The SMILES string of the molecule is CNC(CSS)C(C)=O. The van der Waals surface area contributed by atoms with Crippen molar-refractivity contribution in [1.29, 1.82) is 0 Å². The molecule has 0 saturated carbocycles. The second-order valence-corrected chi connectivity index (χ2v) is 3.11. The summed E-state index contributed by atoms with van der Waals surface area (Å²) in [5.74, 6) is 0.897. The zero-order valence-corrected chi connectivity index (χ0v) is 7.26. The van der Waals surface area contributed by atoms with Crippen LogP contribution in [0.15, 0.2) is 0 Å². The van der Waals surface area contributed by atoms with E-state index in [1.807, 2.05) is 0 Å². The Morgan fingerprint density at radius 3 is 2.56 bits per heavy atom. The summed E-state index contributed by atoms with van der Waals surface area (Å²) >= 11 is 3.93. The predicted molar refractivity (Wildman–Crippen MR) is 45.0 cm³/mol. The van der Waals surface area contributed by atoms with Gasteiger partial charge >= 0.3 is 0 Å². The highest BCUT2D eigenvalue weighted by Crippen LogP contribution is 2.06. The number of hydrogen-bond donors (Lipinski definition) is 2. The van der Waals surface area contributed by atoms with E-state index in [0.717, 1.165) is 5.75 Å². The number of rotatable bonds is 4. The minimum Gasteiger partial charge on any atom is -0.310 e. The fraction of sp³-hybridized carbons (Fsp3) is 0.800. The molecule has 0 aromatic rings. The Labute approximate surface area is 64.6 Å². The van der Waals surface area contributed by atoms with Gasteiger partial charge in [0.25, 0.3) is 0 Å². The van der Waals surface area contributed by atoms with Crippen LogP contribution >= 0.6 is 22.5 Å². The highest BCUT2D eigenvalue weighted by Gasteiger charge is 2.08. The first-order chi connectivity index (χ1) is 4.22. The number of hydrogen-bond acceptors (Lipinski definition) is 4. The average Bonchev–Trinajstić information content (AvgIpc) is 1.82. The number of carbonyl (C=O) groups is 1. The Hall–Kier alpha value is 0.330. The van der Waals surface area contributed by atoms with Crippen LogP contribution < -0.4 is 5.32 Å². The lowest BCUT2D eigenvalue weighted by Gasteiger charge is -2.08. The third kappa shape index (κ3) is 3.83. The molecule has 0 aliphatic carbocycles. The molecule has 0 aromatic heterocycles. The molecule has 0 spiro atoms. The van der Waals surface area contributed by atoms with Crippen molar-refractivity contribution in [2.24, 2.45) is 0 Å². The van der Waals surface area contributed by atoms with Gasteiger partial charge in [0.1, 0.15) is 5.78 Å². The lowest BCUT2D eigenvalue weighted by atomic mass is 10.2. The maximum atomic E-state index is 10.7. The summed E-state index contributed by atoms with van der Waals surface area (Å²) in [4.78, 5) is 10.7. The van der Waals surface area contributed by atoms with Gasteiger partial charge in [-0.3, -0.25) is 4.79 Å². The van der Waals surface area contributed by atoms with E-state index in [1.165, 1.54) is 10.8 Å². The lowest BCUT2D eigenvalue weighted by molar-refractivity contribution is -0.118. The van der Waals surface area contributed by atoms with Gasteiger partial charge in [0.15, 0.2) is 0 Å². The molecule has 0 aliphatic rings. The monoisotopic (exact) mass is 165 g/mol. The molecule has 1 unspecified atom stereocenters. The van der Waals surface area contributed by atoms with Gasteiger partial charge in [-0.05, 0) is 14.0 Å². The van der Waals surface area contributed by atoms with Crippen molar-refractivity contribution in [3.05, 3.63) is 0 Å². The van der Waals surface area contributed by atoms with Gasteiger partial charge in [0, 0.05) is 5.75 Å². The van der Waals surface area contributed by atoms with E-state index < -0.39 is 0 Å². The second kappa shape index (κ2) is 5.14. The van der Waals surface area contributed by atoms with E-state index in [9.17, 15) is 4.79 Å². The molecule has 9 heavy (non-hydrogen) atoms. The predicted octanol–water partition coefficient (Wildman–Crippen LogP) is 0.741. The van der Waals surface area contributed by atoms with Crippen molar-refractivity contribution in [2.75, 3.05) is 12.8 Å². The maximum Gasteiger partial charge on any atom is 0.147 e. The Morgan fingerprint density at radius 2 is 2.44 bits per heavy atom. The first-order valence-electron chi connectivity index (χ1n) is 2.66. The largest absolute Gasteiger partial charge is 0.310 e. The average molecular weight is 165 g/mol. The summed E-state index contributed by atoms with van der Waals surface area (Å²) in [7, 11) is 3.15. The Balaban J connectivity index is 3.54. The van der Waals surface area contributed by atoms with E-state index in [0.29, 0.717) is 0 Å². The molecular formula is C5H11NOS2. The molecule has 0 bridgehead atoms. The first-order valence-corrected chi connectivity index (χ1v) is 4.70. The third-order valence-corrected chi connectivity index (χ3v) is 2.01. The molecule has 4 heteroatoms. The molecule has 0 fully saturated rings. The van der Waals surface area contributed by atoms with Crippen LogP contribution in [-0.2, 0) is 4.79 Å². The minimum atomic E-state index is -0.0347. The van der Waals surface area contributed by atoms with Gasteiger partial charge < -0.3 is 5.32 Å². The Kier molecular flexibility index (Phi) is 5.33. The zero-order chi connectivity index (χ0) is 7.28. The Morgan fingerprint density at radius 1 is 1.89 bits per heavy atom. The van der Waals surface area contributed by atoms with Crippen molar-refractivity contribution >= 4 is 28.2 Å². The minimum absolute atomic E-state index is 0.0347. The van der Waals surface area contributed by atoms with Crippen LogP contribution in [0.1, 0.15) is 6.92 Å². The molecule has 0 heterocycles. The van der Waals surface area contributed by atoms with Crippen molar-refractivity contribution in [3.8, 4) is 0 Å². The quantitative estimate of drug-likeness (QED) is 0.475. The standard InChI is InChI=1S/C5H11NOS2/c1-4(7)5(6-2)3-9-8/h5-6,8H,3H2,1-2H3. The van der Waals surface area contributed by atoms with Crippen LogP contribution in [0.2, 0.25) is 0 Å². The summed E-state index contributed by atoms with van der Waals surface area (Å²) < 4.78 is 0. The fourth-order valence-corrected chi connectivity index (χ4v) is 1.48. The molecule has 0 aliphatic heterocycles. The molecule has 0 amide bonds. The molecule has 0 aromatic carbocycles. The van der Waals surface area contributed by atoms with Crippen LogP contribution in [0, 0.1) is 0 Å². The number of thiol groups is 1. The number of likely N-dealkylation sites (N-methyl/N-ethyl adjacent to an activating group) is 1. The molecule has 0 radical (unpaired) electrons. The molecule has 2 nitrogen and oxygen atoms in total. The second-order valence-electron chi connectivity index (χ2n) is 1.75. The van der Waals surface area contributed by atoms with Gasteiger partial charge in [-0.2, -0.15) is 0 Å².